The van der Waals surface area contributed by atoms with E-state index < -0.39 is 17.7 Å². The van der Waals surface area contributed by atoms with Crippen molar-refractivity contribution in [1.29, 1.82) is 0 Å². The van der Waals surface area contributed by atoms with Gasteiger partial charge < -0.3 is 10.0 Å². The summed E-state index contributed by atoms with van der Waals surface area (Å²) in [4.78, 5) is 2.30. The van der Waals surface area contributed by atoms with E-state index in [0.717, 1.165) is 19.2 Å². The number of likely N-dealkylation sites (tertiary alicyclic amines) is 1. The Kier molecular flexibility index (Phi) is 4.30. The fourth-order valence-corrected chi connectivity index (χ4v) is 2.55. The molecule has 2 nitrogen and oxygen atoms in total. The number of hydrogen-bond acceptors (Lipinski definition) is 2. The summed E-state index contributed by atoms with van der Waals surface area (Å²) in [6, 6.07) is 3.75. The third-order valence-corrected chi connectivity index (χ3v) is 3.65. The van der Waals surface area contributed by atoms with Gasteiger partial charge >= 0.3 is 0 Å². The molecule has 18 heavy (non-hydrogen) atoms. The number of rotatable bonds is 4. The van der Waals surface area contributed by atoms with E-state index >= 15 is 0 Å². The Morgan fingerprint density at radius 1 is 1.33 bits per heavy atom. The molecule has 0 radical (unpaired) electrons. The minimum absolute atomic E-state index is 0.319. The zero-order chi connectivity index (χ0) is 13.1. The standard InChI is InChI=1S/C14H19F2NO/c1-10-3-2-5-17(10)6-4-14(18)11-7-12(15)9-13(16)8-11/h7-10,14,18H,2-6H2,1H3. The monoisotopic (exact) mass is 255 g/mol. The van der Waals surface area contributed by atoms with E-state index in [1.807, 2.05) is 0 Å². The molecule has 2 atom stereocenters. The Bertz CT molecular complexity index is 391. The largest absolute Gasteiger partial charge is 0.388 e. The van der Waals surface area contributed by atoms with E-state index in [1.54, 1.807) is 0 Å². The van der Waals surface area contributed by atoms with Crippen LogP contribution in [0.2, 0.25) is 0 Å². The van der Waals surface area contributed by atoms with Crippen molar-refractivity contribution in [3.05, 3.63) is 35.4 Å². The van der Waals surface area contributed by atoms with Crippen LogP contribution in [0.5, 0.6) is 0 Å². The first kappa shape index (κ1) is 13.4. The average Bonchev–Trinajstić information content (AvgIpc) is 2.70. The maximum atomic E-state index is 13.0. The van der Waals surface area contributed by atoms with Gasteiger partial charge in [0, 0.05) is 18.7 Å². The van der Waals surface area contributed by atoms with Crippen molar-refractivity contribution in [2.45, 2.75) is 38.3 Å². The first-order valence-corrected chi connectivity index (χ1v) is 6.44. The number of aliphatic hydroxyl groups excluding tert-OH is 1. The van der Waals surface area contributed by atoms with Crippen molar-refractivity contribution < 1.29 is 13.9 Å². The van der Waals surface area contributed by atoms with Gasteiger partial charge in [0.2, 0.25) is 0 Å². The van der Waals surface area contributed by atoms with Gasteiger partial charge in [-0.2, -0.15) is 0 Å². The van der Waals surface area contributed by atoms with Crippen molar-refractivity contribution in [3.8, 4) is 0 Å². The van der Waals surface area contributed by atoms with Crippen molar-refractivity contribution in [1.82, 2.24) is 4.90 Å². The lowest BCUT2D eigenvalue weighted by atomic mass is 10.1. The SMILES string of the molecule is CC1CCCN1CCC(O)c1cc(F)cc(F)c1. The molecule has 1 aliphatic rings. The van der Waals surface area contributed by atoms with Gasteiger partial charge in [-0.3, -0.25) is 0 Å². The lowest BCUT2D eigenvalue weighted by Crippen LogP contribution is -2.28. The zero-order valence-electron chi connectivity index (χ0n) is 10.6. The van der Waals surface area contributed by atoms with Gasteiger partial charge in [-0.05, 0) is 50.4 Å². The minimum atomic E-state index is -0.803. The third kappa shape index (κ3) is 3.27. The van der Waals surface area contributed by atoms with Crippen LogP contribution in [0.3, 0.4) is 0 Å². The summed E-state index contributed by atoms with van der Waals surface area (Å²) in [5.74, 6) is -1.28. The van der Waals surface area contributed by atoms with E-state index in [2.05, 4.69) is 11.8 Å². The van der Waals surface area contributed by atoms with Crippen LogP contribution in [-0.4, -0.2) is 29.1 Å². The van der Waals surface area contributed by atoms with Crippen LogP contribution in [0.25, 0.3) is 0 Å². The second-order valence-electron chi connectivity index (χ2n) is 5.03. The highest BCUT2D eigenvalue weighted by Crippen LogP contribution is 2.22. The predicted molar refractivity (Wildman–Crippen MR) is 66.2 cm³/mol. The smallest absolute Gasteiger partial charge is 0.126 e. The van der Waals surface area contributed by atoms with Crippen LogP contribution in [0, 0.1) is 11.6 Å². The summed E-state index contributed by atoms with van der Waals surface area (Å²) in [6.07, 6.45) is 2.08. The van der Waals surface area contributed by atoms with Gasteiger partial charge in [0.15, 0.2) is 0 Å². The molecule has 100 valence electrons. The first-order chi connectivity index (χ1) is 8.56. The van der Waals surface area contributed by atoms with E-state index in [0.29, 0.717) is 18.0 Å². The molecule has 0 spiro atoms. The minimum Gasteiger partial charge on any atom is -0.388 e. The van der Waals surface area contributed by atoms with Crippen molar-refractivity contribution in [3.63, 3.8) is 0 Å². The molecule has 2 rings (SSSR count). The Morgan fingerprint density at radius 3 is 2.56 bits per heavy atom. The van der Waals surface area contributed by atoms with Gasteiger partial charge in [0.1, 0.15) is 11.6 Å². The summed E-state index contributed by atoms with van der Waals surface area (Å²) >= 11 is 0. The molecule has 1 aliphatic heterocycles. The molecule has 2 unspecified atom stereocenters. The molecule has 0 saturated carbocycles. The third-order valence-electron chi connectivity index (χ3n) is 3.65. The number of benzene rings is 1. The van der Waals surface area contributed by atoms with E-state index in [9.17, 15) is 13.9 Å². The highest BCUT2D eigenvalue weighted by molar-refractivity contribution is 5.20. The van der Waals surface area contributed by atoms with Gasteiger partial charge in [0.05, 0.1) is 6.10 Å². The molecule has 1 saturated heterocycles. The van der Waals surface area contributed by atoms with Crippen LogP contribution in [0.15, 0.2) is 18.2 Å². The predicted octanol–water partition coefficient (Wildman–Crippen LogP) is 2.87. The van der Waals surface area contributed by atoms with Gasteiger partial charge in [0.25, 0.3) is 0 Å². The average molecular weight is 255 g/mol. The highest BCUT2D eigenvalue weighted by Gasteiger charge is 2.21. The van der Waals surface area contributed by atoms with Crippen LogP contribution in [-0.2, 0) is 0 Å². The summed E-state index contributed by atoms with van der Waals surface area (Å²) < 4.78 is 26.1. The topological polar surface area (TPSA) is 23.5 Å². The zero-order valence-corrected chi connectivity index (χ0v) is 10.6. The number of halogens is 2. The summed E-state index contributed by atoms with van der Waals surface area (Å²) in [5, 5.41) is 9.96. The molecule has 0 aliphatic carbocycles. The molecule has 1 aromatic rings. The molecular weight excluding hydrogens is 236 g/mol. The maximum Gasteiger partial charge on any atom is 0.126 e. The molecule has 1 heterocycles. The molecule has 0 bridgehead atoms. The Hall–Kier alpha value is -1.00. The Morgan fingerprint density at radius 2 is 2.00 bits per heavy atom. The first-order valence-electron chi connectivity index (χ1n) is 6.44. The van der Waals surface area contributed by atoms with Gasteiger partial charge in [-0.1, -0.05) is 0 Å². The Labute approximate surface area is 106 Å². The second kappa shape index (κ2) is 5.76. The van der Waals surface area contributed by atoms with E-state index in [1.165, 1.54) is 25.0 Å². The van der Waals surface area contributed by atoms with E-state index in [-0.39, 0.29) is 0 Å². The lowest BCUT2D eigenvalue weighted by Gasteiger charge is -2.22. The molecule has 4 heteroatoms. The normalized spacial score (nSPS) is 22.3. The van der Waals surface area contributed by atoms with Gasteiger partial charge in [-0.25, -0.2) is 8.78 Å². The molecule has 1 aromatic carbocycles. The van der Waals surface area contributed by atoms with Crippen molar-refractivity contribution in [2.75, 3.05) is 13.1 Å². The second-order valence-corrected chi connectivity index (χ2v) is 5.03. The lowest BCUT2D eigenvalue weighted by molar-refractivity contribution is 0.139. The van der Waals surface area contributed by atoms with E-state index in [4.69, 9.17) is 0 Å². The van der Waals surface area contributed by atoms with Crippen molar-refractivity contribution in [2.24, 2.45) is 0 Å². The fourth-order valence-electron chi connectivity index (χ4n) is 2.55. The molecule has 0 amide bonds. The molecule has 1 fully saturated rings. The number of nitrogens with zero attached hydrogens (tertiary/aromatic N) is 1. The fraction of sp³-hybridized carbons (Fsp3) is 0.571. The summed E-state index contributed by atoms with van der Waals surface area (Å²) in [6.45, 7) is 3.98. The van der Waals surface area contributed by atoms with Crippen LogP contribution >= 0.6 is 0 Å². The highest BCUT2D eigenvalue weighted by atomic mass is 19.1. The summed E-state index contributed by atoms with van der Waals surface area (Å²) in [5.41, 5.74) is 0.319. The van der Waals surface area contributed by atoms with Crippen LogP contribution in [0.4, 0.5) is 8.78 Å². The van der Waals surface area contributed by atoms with Crippen LogP contribution in [0.1, 0.15) is 37.9 Å². The molecular formula is C14H19F2NO. The number of aliphatic hydroxyl groups is 1. The van der Waals surface area contributed by atoms with Crippen LogP contribution < -0.4 is 0 Å². The quantitative estimate of drug-likeness (QED) is 0.894. The van der Waals surface area contributed by atoms with Crippen molar-refractivity contribution >= 4 is 0 Å². The number of hydrogen-bond donors (Lipinski definition) is 1. The molecule has 0 aromatic heterocycles. The Balaban J connectivity index is 1.92. The maximum absolute atomic E-state index is 13.0. The summed E-state index contributed by atoms with van der Waals surface area (Å²) in [7, 11) is 0. The molecule has 1 N–H and O–H groups in total. The van der Waals surface area contributed by atoms with Gasteiger partial charge in [-0.15, -0.1) is 0 Å².